The predicted molar refractivity (Wildman–Crippen MR) is 327 cm³/mol. The lowest BCUT2D eigenvalue weighted by atomic mass is 9.99. The van der Waals surface area contributed by atoms with Crippen LogP contribution < -0.4 is 41.5 Å². The van der Waals surface area contributed by atoms with Crippen LogP contribution in [-0.4, -0.2) is 25.3 Å². The highest BCUT2D eigenvalue weighted by Gasteiger charge is 2.48. The molecule has 76 heavy (non-hydrogen) atoms. The van der Waals surface area contributed by atoms with Crippen molar-refractivity contribution in [2.24, 2.45) is 0 Å². The molecule has 0 aliphatic carbocycles. The number of benzene rings is 12. The molecule has 1 aliphatic heterocycles. The molecule has 0 saturated carbocycles. The van der Waals surface area contributed by atoms with E-state index in [4.69, 9.17) is 0 Å². The molecule has 3 heterocycles. The first-order valence-electron chi connectivity index (χ1n) is 26.4. The topological polar surface area (TPSA) is 9.86 Å². The molecule has 0 bridgehead atoms. The molecule has 356 valence electrons. The van der Waals surface area contributed by atoms with Gasteiger partial charge in [0.25, 0.3) is 0 Å². The zero-order chi connectivity index (χ0) is 50.2. The molecule has 14 aromatic rings. The highest BCUT2D eigenvalue weighted by atomic mass is 28.3. The largest absolute Gasteiger partial charge is 0.307 e. The van der Waals surface area contributed by atoms with Gasteiger partial charge in [0.2, 0.25) is 0 Å². The maximum Gasteiger partial charge on any atom is 0.180 e. The summed E-state index contributed by atoms with van der Waals surface area (Å²) in [4.78, 5) is 0. The third kappa shape index (κ3) is 6.45. The van der Waals surface area contributed by atoms with Crippen LogP contribution in [0.3, 0.4) is 0 Å². The van der Waals surface area contributed by atoms with Crippen LogP contribution in [0.1, 0.15) is 0 Å². The number of rotatable bonds is 9. The average Bonchev–Trinajstić information content (AvgIpc) is 4.28. The van der Waals surface area contributed by atoms with Gasteiger partial charge in [0.05, 0.1) is 27.8 Å². The van der Waals surface area contributed by atoms with Crippen molar-refractivity contribution in [3.05, 3.63) is 303 Å². The molecule has 0 unspecified atom stereocenters. The third-order valence-corrected chi connectivity index (χ3v) is 26.2. The van der Waals surface area contributed by atoms with Gasteiger partial charge in [-0.2, -0.15) is 0 Å². The predicted octanol–water partition coefficient (Wildman–Crippen LogP) is 12.3. The minimum atomic E-state index is -2.83. The molecule has 2 nitrogen and oxygen atoms in total. The van der Waals surface area contributed by atoms with Crippen LogP contribution >= 0.6 is 0 Å². The van der Waals surface area contributed by atoms with Crippen LogP contribution in [0.5, 0.6) is 0 Å². The first-order valence-corrected chi connectivity index (χ1v) is 30.4. The summed E-state index contributed by atoms with van der Waals surface area (Å²) in [5.74, 6) is 0. The maximum absolute atomic E-state index is 2.83. The van der Waals surface area contributed by atoms with E-state index in [9.17, 15) is 0 Å². The Balaban J connectivity index is 0.945. The Morgan fingerprint density at radius 2 is 0.737 bits per heavy atom. The standard InChI is InChI=1S/C72H50N2Si2/c1-6-25-54(26-7-1)75(55-27-8-2-9-28-55,56-29-10-3-11-30-56)59-35-22-24-53(50-59)73-66-40-19-16-36-60(66)64-39-23-42-69(72(64)73)74-67-41-20-17-37-61(67)65-48-51(45-47-68(65)74)52-44-46-63-62-38-18-21-43-70(62)76(71(63)49-52,57-31-12-4-13-32-57)58-33-14-5-15-34-58/h1-50H. The maximum atomic E-state index is 2.54. The summed E-state index contributed by atoms with van der Waals surface area (Å²) in [7, 11) is -5.51. The van der Waals surface area contributed by atoms with Crippen molar-refractivity contribution in [1.29, 1.82) is 0 Å². The summed E-state index contributed by atoms with van der Waals surface area (Å²) in [6, 6.07) is 114. The monoisotopic (exact) mass is 998 g/mol. The summed E-state index contributed by atoms with van der Waals surface area (Å²) in [5.41, 5.74) is 12.2. The smallest absolute Gasteiger partial charge is 0.180 e. The van der Waals surface area contributed by atoms with Crippen molar-refractivity contribution < 1.29 is 0 Å². The Labute approximate surface area is 444 Å². The van der Waals surface area contributed by atoms with Crippen molar-refractivity contribution >= 4 is 101 Å². The normalized spacial score (nSPS) is 12.8. The fraction of sp³-hybridized carbons (Fsp3) is 0. The van der Waals surface area contributed by atoms with E-state index >= 15 is 0 Å². The Morgan fingerprint density at radius 1 is 0.276 bits per heavy atom. The van der Waals surface area contributed by atoms with Crippen LogP contribution in [0.25, 0.3) is 77.2 Å². The Hall–Kier alpha value is -9.33. The van der Waals surface area contributed by atoms with Crippen molar-refractivity contribution in [2.75, 3.05) is 0 Å². The van der Waals surface area contributed by atoms with E-state index in [2.05, 4.69) is 312 Å². The van der Waals surface area contributed by atoms with E-state index < -0.39 is 16.1 Å². The lowest BCUT2D eigenvalue weighted by molar-refractivity contribution is 1.13. The van der Waals surface area contributed by atoms with E-state index in [1.165, 1.54) is 107 Å². The van der Waals surface area contributed by atoms with E-state index in [0.717, 1.165) is 11.4 Å². The number of hydrogen-bond donors (Lipinski definition) is 0. The molecule has 15 rings (SSSR count). The fourth-order valence-electron chi connectivity index (χ4n) is 13.4. The number of para-hydroxylation sites is 3. The third-order valence-electron chi connectivity index (χ3n) is 16.5. The Kier molecular flexibility index (Phi) is 10.3. The van der Waals surface area contributed by atoms with Crippen LogP contribution in [0.15, 0.2) is 303 Å². The SMILES string of the molecule is c1ccc([Si](c2ccccc2)(c2ccccc2)c2cccc(-n3c4ccccc4c4cccc(-n5c6ccccc6c6cc(-c7ccc8c(c7)[Si](c7ccccc7)(c7ccccc7)c7ccccc7-8)ccc65)c43)c2)cc1. The van der Waals surface area contributed by atoms with Gasteiger partial charge in [0, 0.05) is 27.2 Å². The molecule has 0 N–H and O–H groups in total. The highest BCUT2D eigenvalue weighted by molar-refractivity contribution is 7.22. The molecule has 0 spiro atoms. The van der Waals surface area contributed by atoms with E-state index in [1.54, 1.807) is 0 Å². The van der Waals surface area contributed by atoms with Gasteiger partial charge in [-0.3, -0.25) is 0 Å². The second-order valence-corrected chi connectivity index (χ2v) is 27.8. The molecule has 0 radical (unpaired) electrons. The lowest BCUT2D eigenvalue weighted by Crippen LogP contribution is -2.74. The first-order chi connectivity index (χ1) is 37.7. The number of nitrogens with zero attached hydrogens (tertiary/aromatic N) is 2. The molecule has 0 fully saturated rings. The van der Waals surface area contributed by atoms with Gasteiger partial charge in [-0.15, -0.1) is 0 Å². The van der Waals surface area contributed by atoms with Crippen LogP contribution in [-0.2, 0) is 0 Å². The van der Waals surface area contributed by atoms with Crippen LogP contribution in [0, 0.1) is 0 Å². The number of fused-ring (bicyclic) bond motifs is 9. The molecule has 4 heteroatoms. The zero-order valence-corrected chi connectivity index (χ0v) is 43.8. The number of aromatic nitrogens is 2. The average molecular weight is 999 g/mol. The Bertz CT molecular complexity index is 4370. The van der Waals surface area contributed by atoms with Crippen LogP contribution in [0.4, 0.5) is 0 Å². The second-order valence-electron chi connectivity index (χ2n) is 20.3. The van der Waals surface area contributed by atoms with Gasteiger partial charge >= 0.3 is 0 Å². The summed E-state index contributed by atoms with van der Waals surface area (Å²) >= 11 is 0. The second kappa shape index (κ2) is 17.7. The van der Waals surface area contributed by atoms with Crippen molar-refractivity contribution in [3.63, 3.8) is 0 Å². The summed E-state index contributed by atoms with van der Waals surface area (Å²) in [6.07, 6.45) is 0. The highest BCUT2D eigenvalue weighted by Crippen LogP contribution is 2.41. The van der Waals surface area contributed by atoms with Gasteiger partial charge in [-0.1, -0.05) is 261 Å². The summed E-state index contributed by atoms with van der Waals surface area (Å²) in [5, 5.41) is 16.1. The molecule has 0 amide bonds. The minimum Gasteiger partial charge on any atom is -0.307 e. The van der Waals surface area contributed by atoms with Gasteiger partial charge < -0.3 is 9.13 Å². The Morgan fingerprint density at radius 3 is 1.38 bits per heavy atom. The van der Waals surface area contributed by atoms with Gasteiger partial charge in [0.15, 0.2) is 16.1 Å². The molecule has 0 atom stereocenters. The molecular weight excluding hydrogens is 949 g/mol. The van der Waals surface area contributed by atoms with Gasteiger partial charge in [0.1, 0.15) is 0 Å². The molecule has 0 saturated heterocycles. The zero-order valence-electron chi connectivity index (χ0n) is 41.8. The molecule has 2 aromatic heterocycles. The quantitative estimate of drug-likeness (QED) is 0.101. The van der Waals surface area contributed by atoms with Crippen molar-refractivity contribution in [3.8, 4) is 33.6 Å². The van der Waals surface area contributed by atoms with Gasteiger partial charge in [-0.05, 0) is 106 Å². The van der Waals surface area contributed by atoms with Crippen molar-refractivity contribution in [1.82, 2.24) is 9.13 Å². The van der Waals surface area contributed by atoms with E-state index in [0.29, 0.717) is 0 Å². The van der Waals surface area contributed by atoms with E-state index in [-0.39, 0.29) is 0 Å². The number of hydrogen-bond acceptors (Lipinski definition) is 0. The van der Waals surface area contributed by atoms with Crippen LogP contribution in [0.2, 0.25) is 0 Å². The van der Waals surface area contributed by atoms with E-state index in [1.807, 2.05) is 0 Å². The van der Waals surface area contributed by atoms with Crippen molar-refractivity contribution in [2.45, 2.75) is 0 Å². The minimum absolute atomic E-state index is 1.14. The molecule has 12 aromatic carbocycles. The lowest BCUT2D eigenvalue weighted by Gasteiger charge is -2.34. The fourth-order valence-corrected chi connectivity index (χ4v) is 23.4. The molecule has 1 aliphatic rings. The van der Waals surface area contributed by atoms with Gasteiger partial charge in [-0.25, -0.2) is 0 Å². The molecular formula is C72H50N2Si2. The first kappa shape index (κ1) is 44.2. The summed E-state index contributed by atoms with van der Waals surface area (Å²) < 4.78 is 5.06. The summed E-state index contributed by atoms with van der Waals surface area (Å²) in [6.45, 7) is 0.